The van der Waals surface area contributed by atoms with Gasteiger partial charge in [-0.1, -0.05) is 18.9 Å². The van der Waals surface area contributed by atoms with Crippen LogP contribution in [0.15, 0.2) is 23.4 Å². The van der Waals surface area contributed by atoms with Crippen molar-refractivity contribution >= 4 is 10.0 Å². The van der Waals surface area contributed by atoms with Crippen LogP contribution in [0.1, 0.15) is 31.2 Å². The first-order chi connectivity index (χ1) is 8.64. The lowest BCUT2D eigenvalue weighted by Gasteiger charge is -2.19. The van der Waals surface area contributed by atoms with Crippen molar-refractivity contribution in [3.8, 4) is 0 Å². The maximum absolute atomic E-state index is 12.4. The molecule has 0 unspecified atom stereocenters. The quantitative estimate of drug-likeness (QED) is 0.891. The van der Waals surface area contributed by atoms with Crippen molar-refractivity contribution in [1.82, 2.24) is 9.29 Å². The molecule has 1 aromatic rings. The molecule has 1 aliphatic heterocycles. The highest BCUT2D eigenvalue weighted by Crippen LogP contribution is 2.18. The standard InChI is InChI=1S/C12H19N3O2S/c13-9-11-5-6-12(14-10-11)18(16,17)15-7-3-1-2-4-8-15/h5-6,10H,1-4,7-9,13H2. The number of hydrogen-bond donors (Lipinski definition) is 1. The zero-order chi connectivity index (χ0) is 13.0. The zero-order valence-corrected chi connectivity index (χ0v) is 11.2. The predicted octanol–water partition coefficient (Wildman–Crippen LogP) is 1.10. The van der Waals surface area contributed by atoms with Crippen molar-refractivity contribution in [2.24, 2.45) is 5.73 Å². The van der Waals surface area contributed by atoms with Gasteiger partial charge in [-0.2, -0.15) is 4.31 Å². The smallest absolute Gasteiger partial charge is 0.260 e. The van der Waals surface area contributed by atoms with Gasteiger partial charge in [0.1, 0.15) is 0 Å². The fourth-order valence-corrected chi connectivity index (χ4v) is 3.53. The van der Waals surface area contributed by atoms with Gasteiger partial charge in [0.2, 0.25) is 0 Å². The summed E-state index contributed by atoms with van der Waals surface area (Å²) in [5.74, 6) is 0. The van der Waals surface area contributed by atoms with Crippen LogP contribution in [0.5, 0.6) is 0 Å². The van der Waals surface area contributed by atoms with Crippen LogP contribution in [0.4, 0.5) is 0 Å². The van der Waals surface area contributed by atoms with Crippen molar-refractivity contribution in [3.63, 3.8) is 0 Å². The maximum atomic E-state index is 12.4. The van der Waals surface area contributed by atoms with Crippen LogP contribution >= 0.6 is 0 Å². The Hall–Kier alpha value is -0.980. The zero-order valence-electron chi connectivity index (χ0n) is 10.4. The highest BCUT2D eigenvalue weighted by Gasteiger charge is 2.25. The van der Waals surface area contributed by atoms with Crippen LogP contribution in [-0.4, -0.2) is 30.8 Å². The van der Waals surface area contributed by atoms with Crippen LogP contribution in [0.2, 0.25) is 0 Å². The Bertz CT molecular complexity index is 477. The molecular weight excluding hydrogens is 250 g/mol. The Balaban J connectivity index is 2.22. The van der Waals surface area contributed by atoms with Crippen molar-refractivity contribution < 1.29 is 8.42 Å². The molecular formula is C12H19N3O2S. The van der Waals surface area contributed by atoms with Crippen molar-refractivity contribution in [3.05, 3.63) is 23.9 Å². The van der Waals surface area contributed by atoms with Crippen LogP contribution < -0.4 is 5.73 Å². The van der Waals surface area contributed by atoms with Crippen LogP contribution in [0.25, 0.3) is 0 Å². The number of sulfonamides is 1. The van der Waals surface area contributed by atoms with Gasteiger partial charge in [-0.25, -0.2) is 13.4 Å². The fraction of sp³-hybridized carbons (Fsp3) is 0.583. The van der Waals surface area contributed by atoms with Crippen LogP contribution in [0.3, 0.4) is 0 Å². The summed E-state index contributed by atoms with van der Waals surface area (Å²) in [5.41, 5.74) is 6.31. The van der Waals surface area contributed by atoms with Gasteiger partial charge >= 0.3 is 0 Å². The first kappa shape index (κ1) is 13.5. The average molecular weight is 269 g/mol. The lowest BCUT2D eigenvalue weighted by atomic mass is 10.2. The molecule has 0 aliphatic carbocycles. The Kier molecular flexibility index (Phi) is 4.31. The number of rotatable bonds is 3. The monoisotopic (exact) mass is 269 g/mol. The first-order valence-corrected chi connectivity index (χ1v) is 7.74. The normalized spacial score (nSPS) is 18.5. The molecule has 100 valence electrons. The number of aromatic nitrogens is 1. The molecule has 2 rings (SSSR count). The predicted molar refractivity (Wildman–Crippen MR) is 69.4 cm³/mol. The van der Waals surface area contributed by atoms with Gasteiger partial charge < -0.3 is 5.73 Å². The SMILES string of the molecule is NCc1ccc(S(=O)(=O)N2CCCCCC2)nc1. The van der Waals surface area contributed by atoms with Crippen LogP contribution in [0, 0.1) is 0 Å². The molecule has 6 heteroatoms. The molecule has 0 aromatic carbocycles. The molecule has 1 aromatic heterocycles. The fourth-order valence-electron chi connectivity index (χ4n) is 2.10. The van der Waals surface area contributed by atoms with Gasteiger partial charge in [0.05, 0.1) is 0 Å². The molecule has 0 atom stereocenters. The van der Waals surface area contributed by atoms with Gasteiger partial charge in [0, 0.05) is 25.8 Å². The first-order valence-electron chi connectivity index (χ1n) is 6.30. The number of hydrogen-bond acceptors (Lipinski definition) is 4. The molecule has 0 saturated carbocycles. The molecule has 0 amide bonds. The molecule has 0 spiro atoms. The molecule has 18 heavy (non-hydrogen) atoms. The van der Waals surface area contributed by atoms with Gasteiger partial charge in [-0.15, -0.1) is 0 Å². The third kappa shape index (κ3) is 2.88. The summed E-state index contributed by atoms with van der Waals surface area (Å²) in [6.45, 7) is 1.57. The molecule has 1 fully saturated rings. The van der Waals surface area contributed by atoms with Crippen molar-refractivity contribution in [2.75, 3.05) is 13.1 Å². The summed E-state index contributed by atoms with van der Waals surface area (Å²) in [5, 5.41) is 0.126. The number of pyridine rings is 1. The van der Waals surface area contributed by atoms with E-state index in [1.807, 2.05) is 0 Å². The third-order valence-electron chi connectivity index (χ3n) is 3.20. The van der Waals surface area contributed by atoms with E-state index in [0.29, 0.717) is 19.6 Å². The summed E-state index contributed by atoms with van der Waals surface area (Å²) < 4.78 is 26.3. The molecule has 1 aliphatic rings. The van der Waals surface area contributed by atoms with E-state index in [1.165, 1.54) is 6.20 Å². The van der Waals surface area contributed by atoms with E-state index in [0.717, 1.165) is 31.2 Å². The van der Waals surface area contributed by atoms with Crippen molar-refractivity contribution in [1.29, 1.82) is 0 Å². The molecule has 2 N–H and O–H groups in total. The van der Waals surface area contributed by atoms with E-state index in [1.54, 1.807) is 16.4 Å². The van der Waals surface area contributed by atoms with E-state index in [9.17, 15) is 8.42 Å². The molecule has 5 nitrogen and oxygen atoms in total. The van der Waals surface area contributed by atoms with E-state index < -0.39 is 10.0 Å². The Labute approximate surface area is 108 Å². The summed E-state index contributed by atoms with van der Waals surface area (Å²) in [6.07, 6.45) is 5.60. The molecule has 0 radical (unpaired) electrons. The van der Waals surface area contributed by atoms with Gasteiger partial charge in [0.15, 0.2) is 5.03 Å². The molecule has 1 saturated heterocycles. The van der Waals surface area contributed by atoms with Gasteiger partial charge in [0.25, 0.3) is 10.0 Å². The average Bonchev–Trinajstić information content (AvgIpc) is 2.68. The highest BCUT2D eigenvalue weighted by molar-refractivity contribution is 7.89. The topological polar surface area (TPSA) is 76.3 Å². The summed E-state index contributed by atoms with van der Waals surface area (Å²) in [7, 11) is -3.43. The number of nitrogens with two attached hydrogens (primary N) is 1. The minimum atomic E-state index is -3.43. The van der Waals surface area contributed by atoms with E-state index in [4.69, 9.17) is 5.73 Å². The summed E-state index contributed by atoms with van der Waals surface area (Å²) >= 11 is 0. The molecule has 0 bridgehead atoms. The largest absolute Gasteiger partial charge is 0.326 e. The van der Waals surface area contributed by atoms with E-state index >= 15 is 0 Å². The Morgan fingerprint density at radius 3 is 2.33 bits per heavy atom. The summed E-state index contributed by atoms with van der Waals surface area (Å²) in [6, 6.07) is 3.26. The second-order valence-corrected chi connectivity index (χ2v) is 6.41. The second-order valence-electron chi connectivity index (χ2n) is 4.53. The maximum Gasteiger partial charge on any atom is 0.260 e. The lowest BCUT2D eigenvalue weighted by molar-refractivity contribution is 0.421. The molecule has 2 heterocycles. The van der Waals surface area contributed by atoms with E-state index in [2.05, 4.69) is 4.98 Å². The van der Waals surface area contributed by atoms with Crippen molar-refractivity contribution in [2.45, 2.75) is 37.3 Å². The lowest BCUT2D eigenvalue weighted by Crippen LogP contribution is -2.32. The Morgan fingerprint density at radius 2 is 1.83 bits per heavy atom. The summed E-state index contributed by atoms with van der Waals surface area (Å²) in [4.78, 5) is 4.02. The second kappa shape index (κ2) is 5.77. The van der Waals surface area contributed by atoms with E-state index in [-0.39, 0.29) is 5.03 Å². The minimum Gasteiger partial charge on any atom is -0.326 e. The number of nitrogens with zero attached hydrogens (tertiary/aromatic N) is 2. The minimum absolute atomic E-state index is 0.126. The van der Waals surface area contributed by atoms with Crippen LogP contribution in [-0.2, 0) is 16.6 Å². The van der Waals surface area contributed by atoms with Gasteiger partial charge in [-0.05, 0) is 24.5 Å². The Morgan fingerprint density at radius 1 is 1.17 bits per heavy atom. The highest BCUT2D eigenvalue weighted by atomic mass is 32.2. The third-order valence-corrected chi connectivity index (χ3v) is 5.02. The van der Waals surface area contributed by atoms with Gasteiger partial charge in [-0.3, -0.25) is 0 Å².